The van der Waals surface area contributed by atoms with Gasteiger partial charge in [0.1, 0.15) is 5.78 Å². The molecule has 0 fully saturated rings. The lowest BCUT2D eigenvalue weighted by atomic mass is 10.1. The first kappa shape index (κ1) is 10.9. The number of nitrogens with zero attached hydrogens (tertiary/aromatic N) is 1. The number of rotatable bonds is 6. The van der Waals surface area contributed by atoms with E-state index in [9.17, 15) is 4.79 Å². The molecule has 0 atom stereocenters. The van der Waals surface area contributed by atoms with Crippen LogP contribution >= 0.6 is 0 Å². The van der Waals surface area contributed by atoms with Gasteiger partial charge in [-0.15, -0.1) is 0 Å². The summed E-state index contributed by atoms with van der Waals surface area (Å²) in [4.78, 5) is 15.5. The van der Waals surface area contributed by atoms with E-state index in [0.717, 1.165) is 18.5 Å². The Kier molecular flexibility index (Phi) is 4.86. The molecule has 0 unspecified atom stereocenters. The predicted octanol–water partition coefficient (Wildman–Crippen LogP) is 1.32. The SMILES string of the molecule is NCCCCC(=O)Cc1ccccn1. The van der Waals surface area contributed by atoms with Gasteiger partial charge < -0.3 is 5.73 Å². The van der Waals surface area contributed by atoms with Crippen LogP contribution in [0.25, 0.3) is 0 Å². The molecule has 0 spiro atoms. The average molecular weight is 192 g/mol. The first-order valence-electron chi connectivity index (χ1n) is 4.94. The molecular formula is C11H16N2O. The molecule has 0 aliphatic rings. The van der Waals surface area contributed by atoms with E-state index in [-0.39, 0.29) is 5.78 Å². The summed E-state index contributed by atoms with van der Waals surface area (Å²) in [6.07, 6.45) is 4.60. The number of carbonyl (C=O) groups excluding carboxylic acids is 1. The van der Waals surface area contributed by atoms with Crippen LogP contribution in [0.4, 0.5) is 0 Å². The topological polar surface area (TPSA) is 56.0 Å². The van der Waals surface area contributed by atoms with Gasteiger partial charge in [0.15, 0.2) is 0 Å². The lowest BCUT2D eigenvalue weighted by molar-refractivity contribution is -0.118. The van der Waals surface area contributed by atoms with Crippen LogP contribution in [0.2, 0.25) is 0 Å². The van der Waals surface area contributed by atoms with E-state index in [2.05, 4.69) is 4.98 Å². The number of unbranched alkanes of at least 4 members (excludes halogenated alkanes) is 1. The monoisotopic (exact) mass is 192 g/mol. The van der Waals surface area contributed by atoms with Gasteiger partial charge in [-0.1, -0.05) is 6.07 Å². The van der Waals surface area contributed by atoms with E-state index in [4.69, 9.17) is 5.73 Å². The molecule has 0 bridgehead atoms. The minimum absolute atomic E-state index is 0.247. The second-order valence-corrected chi connectivity index (χ2v) is 3.28. The van der Waals surface area contributed by atoms with Crippen molar-refractivity contribution in [1.29, 1.82) is 0 Å². The Balaban J connectivity index is 2.27. The third kappa shape index (κ3) is 4.14. The molecule has 0 aromatic carbocycles. The second kappa shape index (κ2) is 6.27. The fourth-order valence-electron chi connectivity index (χ4n) is 1.26. The highest BCUT2D eigenvalue weighted by molar-refractivity contribution is 5.80. The van der Waals surface area contributed by atoms with Gasteiger partial charge in [-0.25, -0.2) is 0 Å². The molecule has 0 amide bonds. The fraction of sp³-hybridized carbons (Fsp3) is 0.455. The van der Waals surface area contributed by atoms with Crippen molar-refractivity contribution in [3.05, 3.63) is 30.1 Å². The third-order valence-corrected chi connectivity index (χ3v) is 2.01. The molecule has 2 N–H and O–H groups in total. The number of hydrogen-bond donors (Lipinski definition) is 1. The van der Waals surface area contributed by atoms with Crippen LogP contribution in [0.3, 0.4) is 0 Å². The van der Waals surface area contributed by atoms with E-state index in [1.54, 1.807) is 6.20 Å². The Morgan fingerprint density at radius 3 is 2.86 bits per heavy atom. The maximum absolute atomic E-state index is 11.4. The third-order valence-electron chi connectivity index (χ3n) is 2.01. The molecule has 1 heterocycles. The summed E-state index contributed by atoms with van der Waals surface area (Å²) in [5.74, 6) is 0.247. The van der Waals surface area contributed by atoms with Crippen molar-refractivity contribution < 1.29 is 4.79 Å². The molecule has 0 aliphatic carbocycles. The summed E-state index contributed by atoms with van der Waals surface area (Å²) >= 11 is 0. The molecule has 76 valence electrons. The first-order valence-corrected chi connectivity index (χ1v) is 4.94. The smallest absolute Gasteiger partial charge is 0.138 e. The zero-order valence-electron chi connectivity index (χ0n) is 8.28. The molecule has 3 nitrogen and oxygen atoms in total. The largest absolute Gasteiger partial charge is 0.330 e. The van der Waals surface area contributed by atoms with E-state index >= 15 is 0 Å². The second-order valence-electron chi connectivity index (χ2n) is 3.28. The van der Waals surface area contributed by atoms with Crippen molar-refractivity contribution in [3.8, 4) is 0 Å². The number of Topliss-reactive ketones (excluding diaryl/α,β-unsaturated/α-hetero) is 1. The van der Waals surface area contributed by atoms with Crippen molar-refractivity contribution >= 4 is 5.78 Å². The van der Waals surface area contributed by atoms with Crippen LogP contribution in [-0.2, 0) is 11.2 Å². The molecule has 1 rings (SSSR count). The van der Waals surface area contributed by atoms with Crippen LogP contribution < -0.4 is 5.73 Å². The van der Waals surface area contributed by atoms with Gasteiger partial charge in [-0.05, 0) is 31.5 Å². The highest BCUT2D eigenvalue weighted by Gasteiger charge is 2.03. The number of nitrogens with two attached hydrogens (primary N) is 1. The fourth-order valence-corrected chi connectivity index (χ4v) is 1.26. The van der Waals surface area contributed by atoms with E-state index < -0.39 is 0 Å². The molecule has 1 aromatic rings. The van der Waals surface area contributed by atoms with Crippen molar-refractivity contribution in [3.63, 3.8) is 0 Å². The van der Waals surface area contributed by atoms with Gasteiger partial charge in [0, 0.05) is 24.7 Å². The Bertz CT molecular complexity index is 272. The van der Waals surface area contributed by atoms with E-state index in [1.165, 1.54) is 0 Å². The number of aromatic nitrogens is 1. The maximum Gasteiger partial charge on any atom is 0.138 e. The van der Waals surface area contributed by atoms with Crippen LogP contribution in [0.1, 0.15) is 25.0 Å². The van der Waals surface area contributed by atoms with Crippen molar-refractivity contribution in [2.24, 2.45) is 5.73 Å². The number of ketones is 1. The molecule has 14 heavy (non-hydrogen) atoms. The quantitative estimate of drug-likeness (QED) is 0.692. The van der Waals surface area contributed by atoms with Gasteiger partial charge >= 0.3 is 0 Å². The normalized spacial score (nSPS) is 10.1. The zero-order valence-corrected chi connectivity index (χ0v) is 8.28. The minimum atomic E-state index is 0.247. The van der Waals surface area contributed by atoms with Crippen molar-refractivity contribution in [2.75, 3.05) is 6.54 Å². The predicted molar refractivity (Wildman–Crippen MR) is 55.9 cm³/mol. The van der Waals surface area contributed by atoms with Crippen LogP contribution in [0, 0.1) is 0 Å². The van der Waals surface area contributed by atoms with Crippen LogP contribution in [-0.4, -0.2) is 17.3 Å². The number of carbonyl (C=O) groups is 1. The van der Waals surface area contributed by atoms with Gasteiger partial charge in [0.2, 0.25) is 0 Å². The summed E-state index contributed by atoms with van der Waals surface area (Å²) < 4.78 is 0. The average Bonchev–Trinajstić information content (AvgIpc) is 2.20. The van der Waals surface area contributed by atoms with Crippen molar-refractivity contribution in [1.82, 2.24) is 4.98 Å². The van der Waals surface area contributed by atoms with Crippen molar-refractivity contribution in [2.45, 2.75) is 25.7 Å². The summed E-state index contributed by atoms with van der Waals surface area (Å²) in [5.41, 5.74) is 6.20. The van der Waals surface area contributed by atoms with Gasteiger partial charge in [0.25, 0.3) is 0 Å². The highest BCUT2D eigenvalue weighted by atomic mass is 16.1. The minimum Gasteiger partial charge on any atom is -0.330 e. The highest BCUT2D eigenvalue weighted by Crippen LogP contribution is 2.01. The molecule has 0 saturated carbocycles. The molecular weight excluding hydrogens is 176 g/mol. The van der Waals surface area contributed by atoms with Gasteiger partial charge in [-0.2, -0.15) is 0 Å². The molecule has 0 aliphatic heterocycles. The van der Waals surface area contributed by atoms with Crippen LogP contribution in [0.15, 0.2) is 24.4 Å². The Labute approximate surface area is 84.3 Å². The standard InChI is InChI=1S/C11H16N2O/c12-7-3-1-6-11(14)9-10-5-2-4-8-13-10/h2,4-5,8H,1,3,6-7,9,12H2. The summed E-state index contributed by atoms with van der Waals surface area (Å²) in [6.45, 7) is 0.664. The summed E-state index contributed by atoms with van der Waals surface area (Å²) in [7, 11) is 0. The first-order chi connectivity index (χ1) is 6.83. The molecule has 0 radical (unpaired) electrons. The molecule has 1 aromatic heterocycles. The number of hydrogen-bond acceptors (Lipinski definition) is 3. The van der Waals surface area contributed by atoms with Crippen LogP contribution in [0.5, 0.6) is 0 Å². The zero-order chi connectivity index (χ0) is 10.2. The lowest BCUT2D eigenvalue weighted by Crippen LogP contribution is -2.05. The summed E-state index contributed by atoms with van der Waals surface area (Å²) in [5, 5.41) is 0. The van der Waals surface area contributed by atoms with Gasteiger partial charge in [-0.3, -0.25) is 9.78 Å². The van der Waals surface area contributed by atoms with Gasteiger partial charge in [0.05, 0.1) is 0 Å². The summed E-state index contributed by atoms with van der Waals surface area (Å²) in [6, 6.07) is 5.62. The molecule has 0 saturated heterocycles. The Morgan fingerprint density at radius 2 is 2.21 bits per heavy atom. The maximum atomic E-state index is 11.4. The van der Waals surface area contributed by atoms with E-state index in [0.29, 0.717) is 19.4 Å². The van der Waals surface area contributed by atoms with E-state index in [1.807, 2.05) is 18.2 Å². The molecule has 3 heteroatoms. The Morgan fingerprint density at radius 1 is 1.36 bits per heavy atom. The lowest BCUT2D eigenvalue weighted by Gasteiger charge is -1.99. The Hall–Kier alpha value is -1.22. The number of pyridine rings is 1.